The number of ether oxygens (including phenoxy) is 3. The summed E-state index contributed by atoms with van der Waals surface area (Å²) >= 11 is 4.21. The van der Waals surface area contributed by atoms with Crippen LogP contribution in [0.2, 0.25) is 0 Å². The van der Waals surface area contributed by atoms with Crippen LogP contribution < -0.4 is 14.4 Å². The molecule has 0 saturated carbocycles. The van der Waals surface area contributed by atoms with E-state index >= 15 is 0 Å². The summed E-state index contributed by atoms with van der Waals surface area (Å²) < 4.78 is 16.4. The minimum Gasteiger partial charge on any atom is -0.507 e. The van der Waals surface area contributed by atoms with E-state index in [1.807, 2.05) is 6.92 Å². The molecular formula is C28H25BrN2O8S. The highest BCUT2D eigenvalue weighted by molar-refractivity contribution is 9.10. The van der Waals surface area contributed by atoms with Crippen molar-refractivity contribution in [1.29, 1.82) is 0 Å². The summed E-state index contributed by atoms with van der Waals surface area (Å²) in [5, 5.41) is 22.0. The lowest BCUT2D eigenvalue weighted by Crippen LogP contribution is -2.29. The Balaban J connectivity index is 1.72. The second kappa shape index (κ2) is 10.6. The molecule has 5 rings (SSSR count). The van der Waals surface area contributed by atoms with Gasteiger partial charge in [-0.05, 0) is 78.2 Å². The molecule has 0 unspecified atom stereocenters. The van der Waals surface area contributed by atoms with Crippen LogP contribution in [0.4, 0.5) is 5.13 Å². The second-order valence-corrected chi connectivity index (χ2v) is 11.1. The molecule has 0 spiro atoms. The molecule has 3 aromatic rings. The summed E-state index contributed by atoms with van der Waals surface area (Å²) in [5.41, 5.74) is 1.71. The van der Waals surface area contributed by atoms with E-state index in [0.29, 0.717) is 29.0 Å². The maximum absolute atomic E-state index is 13.6. The minimum absolute atomic E-state index is 0.0264. The van der Waals surface area contributed by atoms with Crippen molar-refractivity contribution in [3.05, 3.63) is 67.6 Å². The van der Waals surface area contributed by atoms with Crippen LogP contribution in [0.25, 0.3) is 5.76 Å². The lowest BCUT2D eigenvalue weighted by atomic mass is 9.94. The molecule has 2 N–H and O–H groups in total. The van der Waals surface area contributed by atoms with E-state index in [1.54, 1.807) is 32.0 Å². The predicted molar refractivity (Wildman–Crippen MR) is 150 cm³/mol. The first kappa shape index (κ1) is 27.7. The van der Waals surface area contributed by atoms with Gasteiger partial charge >= 0.3 is 11.9 Å². The first-order chi connectivity index (χ1) is 19.0. The number of amides is 1. The average molecular weight is 629 g/mol. The van der Waals surface area contributed by atoms with E-state index in [9.17, 15) is 24.6 Å². The Morgan fingerprint density at radius 2 is 2.02 bits per heavy atom. The third-order valence-corrected chi connectivity index (χ3v) is 8.39. The molecular weight excluding hydrogens is 604 g/mol. The number of esters is 1. The van der Waals surface area contributed by atoms with Gasteiger partial charge in [0.2, 0.25) is 0 Å². The highest BCUT2D eigenvalue weighted by Crippen LogP contribution is 2.47. The molecule has 1 saturated heterocycles. The van der Waals surface area contributed by atoms with E-state index in [0.717, 1.165) is 21.8 Å². The summed E-state index contributed by atoms with van der Waals surface area (Å²) in [6.45, 7) is 5.37. The number of halogens is 1. The number of nitrogens with zero attached hydrogens (tertiary/aromatic N) is 2. The second-order valence-electron chi connectivity index (χ2n) is 9.31. The zero-order chi connectivity index (χ0) is 28.9. The van der Waals surface area contributed by atoms with E-state index in [-0.39, 0.29) is 50.0 Å². The van der Waals surface area contributed by atoms with Crippen molar-refractivity contribution in [2.75, 3.05) is 18.6 Å². The van der Waals surface area contributed by atoms with Crippen molar-refractivity contribution in [1.82, 2.24) is 4.98 Å². The molecule has 1 fully saturated rings. The number of Topliss-reactive ketones (excluding diaryl/α,β-unsaturated/α-hetero) is 1. The average Bonchev–Trinajstić information content (AvgIpc) is 3.57. The number of aryl methyl sites for hydroxylation is 1. The number of benzene rings is 2. The van der Waals surface area contributed by atoms with Crippen molar-refractivity contribution in [3.63, 3.8) is 0 Å². The van der Waals surface area contributed by atoms with Gasteiger partial charge < -0.3 is 24.4 Å². The fraction of sp³-hybridized carbons (Fsp3) is 0.286. The van der Waals surface area contributed by atoms with Crippen LogP contribution in [0.15, 0.2) is 40.4 Å². The number of rotatable bonds is 6. The number of aromatic nitrogens is 1. The minimum atomic E-state index is -1.16. The molecule has 2 aliphatic heterocycles. The smallest absolute Gasteiger partial charge is 0.350 e. The molecule has 2 aromatic carbocycles. The van der Waals surface area contributed by atoms with Gasteiger partial charge in [-0.3, -0.25) is 14.5 Å². The highest BCUT2D eigenvalue weighted by atomic mass is 79.9. The number of aliphatic hydroxyl groups is 1. The number of aliphatic hydroxyl groups excluding tert-OH is 1. The van der Waals surface area contributed by atoms with Crippen molar-refractivity contribution in [2.24, 2.45) is 0 Å². The Morgan fingerprint density at radius 1 is 1.27 bits per heavy atom. The number of hydrogen-bond acceptors (Lipinski definition) is 10. The molecule has 1 aromatic heterocycles. The summed E-state index contributed by atoms with van der Waals surface area (Å²) in [6, 6.07) is 6.92. The van der Waals surface area contributed by atoms with Gasteiger partial charge in [-0.15, -0.1) is 0 Å². The van der Waals surface area contributed by atoms with Crippen LogP contribution >= 0.6 is 27.3 Å². The van der Waals surface area contributed by atoms with Gasteiger partial charge in [0, 0.05) is 12.0 Å². The quantitative estimate of drug-likeness (QED) is 0.166. The van der Waals surface area contributed by atoms with Gasteiger partial charge in [0.1, 0.15) is 22.5 Å². The number of fused-ring (bicyclic) bond motifs is 1. The SMILES string of the molecule is CCOC(=O)c1sc(N2C(=O)C(=O)C(=C(O)c3ccc4c(c3)C[C@@H](C)O4)[C@H]2c2cc(Br)c(O)c(OC)c2)nc1C. The van der Waals surface area contributed by atoms with Crippen molar-refractivity contribution < 1.29 is 38.8 Å². The fourth-order valence-corrected chi connectivity index (χ4v) is 6.30. The molecule has 208 valence electrons. The van der Waals surface area contributed by atoms with Crippen LogP contribution in [0.1, 0.15) is 51.9 Å². The van der Waals surface area contributed by atoms with Crippen LogP contribution in [-0.2, 0) is 20.7 Å². The third-order valence-electron chi connectivity index (χ3n) is 6.65. The van der Waals surface area contributed by atoms with Crippen molar-refractivity contribution >= 4 is 55.8 Å². The number of thiazole rings is 1. The zero-order valence-corrected chi connectivity index (χ0v) is 24.4. The summed E-state index contributed by atoms with van der Waals surface area (Å²) in [4.78, 5) is 45.4. The number of phenols is 1. The lowest BCUT2D eigenvalue weighted by molar-refractivity contribution is -0.132. The van der Waals surface area contributed by atoms with E-state index in [1.165, 1.54) is 19.2 Å². The number of phenolic OH excluding ortho intramolecular Hbond substituents is 1. The normalized spacial score (nSPS) is 19.5. The van der Waals surface area contributed by atoms with Gasteiger partial charge in [-0.1, -0.05) is 11.3 Å². The van der Waals surface area contributed by atoms with Crippen LogP contribution in [-0.4, -0.2) is 52.7 Å². The van der Waals surface area contributed by atoms with Gasteiger partial charge in [0.25, 0.3) is 5.78 Å². The molecule has 2 aliphatic rings. The molecule has 0 radical (unpaired) electrons. The molecule has 12 heteroatoms. The molecule has 40 heavy (non-hydrogen) atoms. The maximum Gasteiger partial charge on any atom is 0.350 e. The number of carbonyl (C=O) groups is 3. The monoisotopic (exact) mass is 628 g/mol. The topological polar surface area (TPSA) is 135 Å². The number of anilines is 1. The summed E-state index contributed by atoms with van der Waals surface area (Å²) in [6.07, 6.45) is 0.604. The zero-order valence-electron chi connectivity index (χ0n) is 22.0. The highest BCUT2D eigenvalue weighted by Gasteiger charge is 2.49. The summed E-state index contributed by atoms with van der Waals surface area (Å²) in [5.74, 6) is -2.24. The molecule has 10 nitrogen and oxygen atoms in total. The number of hydrogen-bond donors (Lipinski definition) is 2. The van der Waals surface area contributed by atoms with E-state index < -0.39 is 23.7 Å². The largest absolute Gasteiger partial charge is 0.507 e. The first-order valence-corrected chi connectivity index (χ1v) is 14.0. The number of carbonyl (C=O) groups excluding carboxylic acids is 3. The third kappa shape index (κ3) is 4.60. The van der Waals surface area contributed by atoms with E-state index in [2.05, 4.69) is 20.9 Å². The van der Waals surface area contributed by atoms with Gasteiger partial charge in [0.15, 0.2) is 16.6 Å². The lowest BCUT2D eigenvalue weighted by Gasteiger charge is -2.24. The Hall–Kier alpha value is -3.90. The number of aromatic hydroxyl groups is 1. The Bertz CT molecular complexity index is 1600. The van der Waals surface area contributed by atoms with Gasteiger partial charge in [0.05, 0.1) is 35.5 Å². The molecule has 0 bridgehead atoms. The Kier molecular flexibility index (Phi) is 7.32. The van der Waals surface area contributed by atoms with Gasteiger partial charge in [-0.2, -0.15) is 0 Å². The predicted octanol–water partition coefficient (Wildman–Crippen LogP) is 5.05. The maximum atomic E-state index is 13.6. The van der Waals surface area contributed by atoms with Crippen LogP contribution in [0.5, 0.6) is 17.2 Å². The Morgan fingerprint density at radius 3 is 2.73 bits per heavy atom. The number of methoxy groups -OCH3 is 1. The van der Waals surface area contributed by atoms with Crippen molar-refractivity contribution in [3.8, 4) is 17.2 Å². The molecule has 3 heterocycles. The van der Waals surface area contributed by atoms with Crippen molar-refractivity contribution in [2.45, 2.75) is 39.3 Å². The summed E-state index contributed by atoms with van der Waals surface area (Å²) in [7, 11) is 1.37. The molecule has 1 amide bonds. The van der Waals surface area contributed by atoms with Crippen LogP contribution in [0.3, 0.4) is 0 Å². The number of ketones is 1. The van der Waals surface area contributed by atoms with Gasteiger partial charge in [-0.25, -0.2) is 9.78 Å². The Labute approximate surface area is 241 Å². The molecule has 0 aliphatic carbocycles. The fourth-order valence-electron chi connectivity index (χ4n) is 4.85. The standard InChI is InChI=1S/C28H25BrN2O8S/c1-5-38-27(36)25-13(3)30-28(40-25)31-21(16-10-17(29)23(33)19(11-16)37-4)20(24(34)26(31)35)22(32)14-6-7-18-15(9-14)8-12(2)39-18/h6-7,9-12,21,32-33H,5,8H2,1-4H3/t12-,21-/m1/s1. The van der Waals surface area contributed by atoms with E-state index in [4.69, 9.17) is 14.2 Å². The first-order valence-electron chi connectivity index (χ1n) is 12.4. The molecule has 2 atom stereocenters. The van der Waals surface area contributed by atoms with Crippen LogP contribution in [0, 0.1) is 6.92 Å².